The molecule has 0 aliphatic carbocycles. The van der Waals surface area contributed by atoms with Crippen molar-refractivity contribution in [2.75, 3.05) is 33.3 Å². The van der Waals surface area contributed by atoms with Crippen LogP contribution >= 0.6 is 0 Å². The van der Waals surface area contributed by atoms with Crippen molar-refractivity contribution in [1.82, 2.24) is 15.1 Å². The van der Waals surface area contributed by atoms with Gasteiger partial charge in [-0.15, -0.1) is 0 Å². The largest absolute Gasteiger partial charge is 0.496 e. The lowest BCUT2D eigenvalue weighted by Gasteiger charge is -2.29. The number of para-hydroxylation sites is 1. The van der Waals surface area contributed by atoms with Crippen molar-refractivity contribution in [3.8, 4) is 5.75 Å². The molecule has 2 atom stereocenters. The van der Waals surface area contributed by atoms with E-state index in [2.05, 4.69) is 28.4 Å². The molecule has 6 heteroatoms. The van der Waals surface area contributed by atoms with Gasteiger partial charge in [-0.1, -0.05) is 48.0 Å². The van der Waals surface area contributed by atoms with Crippen LogP contribution in [0.5, 0.6) is 5.75 Å². The van der Waals surface area contributed by atoms with Gasteiger partial charge in [0.15, 0.2) is 0 Å². The molecule has 32 heavy (non-hydrogen) atoms. The predicted octanol–water partition coefficient (Wildman–Crippen LogP) is 3.31. The van der Waals surface area contributed by atoms with Gasteiger partial charge < -0.3 is 15.0 Å². The van der Waals surface area contributed by atoms with Gasteiger partial charge in [-0.05, 0) is 44.5 Å². The van der Waals surface area contributed by atoms with Gasteiger partial charge in [-0.2, -0.15) is 0 Å². The van der Waals surface area contributed by atoms with E-state index in [1.165, 1.54) is 18.4 Å². The van der Waals surface area contributed by atoms with Crippen LogP contribution in [0.2, 0.25) is 0 Å². The summed E-state index contributed by atoms with van der Waals surface area (Å²) in [6, 6.07) is 16.3. The van der Waals surface area contributed by atoms with E-state index in [-0.39, 0.29) is 30.2 Å². The zero-order valence-electron chi connectivity index (χ0n) is 19.0. The zero-order valence-corrected chi connectivity index (χ0v) is 19.0. The lowest BCUT2D eigenvalue weighted by atomic mass is 10.0. The molecule has 0 radical (unpaired) electrons. The lowest BCUT2D eigenvalue weighted by molar-refractivity contribution is -0.129. The minimum Gasteiger partial charge on any atom is -0.496 e. The number of benzene rings is 2. The van der Waals surface area contributed by atoms with E-state index in [0.717, 1.165) is 30.0 Å². The van der Waals surface area contributed by atoms with Gasteiger partial charge >= 0.3 is 0 Å². The molecule has 0 saturated carbocycles. The fourth-order valence-corrected chi connectivity index (χ4v) is 4.79. The Morgan fingerprint density at radius 1 is 1.12 bits per heavy atom. The average Bonchev–Trinajstić information content (AvgIpc) is 3.46. The number of carbonyl (C=O) groups is 2. The van der Waals surface area contributed by atoms with Crippen LogP contribution < -0.4 is 10.1 Å². The first-order chi connectivity index (χ1) is 15.5. The molecule has 2 fully saturated rings. The van der Waals surface area contributed by atoms with Gasteiger partial charge in [-0.25, -0.2) is 0 Å². The van der Waals surface area contributed by atoms with Crippen molar-refractivity contribution < 1.29 is 14.3 Å². The van der Waals surface area contributed by atoms with Gasteiger partial charge in [-0.3, -0.25) is 14.5 Å². The summed E-state index contributed by atoms with van der Waals surface area (Å²) in [6.07, 6.45) is 2.62. The van der Waals surface area contributed by atoms with E-state index in [1.54, 1.807) is 12.0 Å². The highest BCUT2D eigenvalue weighted by Gasteiger charge is 2.35. The highest BCUT2D eigenvalue weighted by molar-refractivity contribution is 5.89. The number of hydrogen-bond donors (Lipinski definition) is 1. The number of hydrogen-bond acceptors (Lipinski definition) is 4. The number of carbonyl (C=O) groups excluding carboxylic acids is 2. The third kappa shape index (κ3) is 5.13. The van der Waals surface area contributed by atoms with E-state index in [4.69, 9.17) is 4.74 Å². The first-order valence-electron chi connectivity index (χ1n) is 11.5. The summed E-state index contributed by atoms with van der Waals surface area (Å²) in [5.74, 6) is 0.555. The van der Waals surface area contributed by atoms with Crippen molar-refractivity contribution >= 4 is 11.8 Å². The van der Waals surface area contributed by atoms with Crippen LogP contribution in [0.3, 0.4) is 0 Å². The SMILES string of the molecule is COc1ccccc1[C@@H](CNC(=O)[C@H]1CC(=O)N(Cc2ccc(C)cc2)C1)N1CCCC1. The second-order valence-corrected chi connectivity index (χ2v) is 8.91. The van der Waals surface area contributed by atoms with Gasteiger partial charge in [0.1, 0.15) is 5.75 Å². The number of likely N-dealkylation sites (tertiary alicyclic amines) is 2. The van der Waals surface area contributed by atoms with E-state index in [9.17, 15) is 9.59 Å². The summed E-state index contributed by atoms with van der Waals surface area (Å²) in [6.45, 7) is 5.63. The van der Waals surface area contributed by atoms with Crippen molar-refractivity contribution in [2.24, 2.45) is 5.92 Å². The highest BCUT2D eigenvalue weighted by atomic mass is 16.5. The fraction of sp³-hybridized carbons (Fsp3) is 0.462. The summed E-state index contributed by atoms with van der Waals surface area (Å²) >= 11 is 0. The second-order valence-electron chi connectivity index (χ2n) is 8.91. The van der Waals surface area contributed by atoms with Gasteiger partial charge in [0.25, 0.3) is 0 Å². The maximum Gasteiger partial charge on any atom is 0.225 e. The molecule has 2 aromatic carbocycles. The van der Waals surface area contributed by atoms with Crippen LogP contribution in [0.1, 0.15) is 42.0 Å². The summed E-state index contributed by atoms with van der Waals surface area (Å²) in [5, 5.41) is 3.15. The molecule has 0 spiro atoms. The molecule has 0 aromatic heterocycles. The maximum absolute atomic E-state index is 13.0. The number of aryl methyl sites for hydroxylation is 1. The number of nitrogens with zero attached hydrogens (tertiary/aromatic N) is 2. The first-order valence-corrected chi connectivity index (χ1v) is 11.5. The number of rotatable bonds is 8. The Bertz CT molecular complexity index is 938. The van der Waals surface area contributed by atoms with Crippen molar-refractivity contribution in [2.45, 2.75) is 38.8 Å². The lowest BCUT2D eigenvalue weighted by Crippen LogP contribution is -2.40. The molecule has 2 aliphatic rings. The van der Waals surface area contributed by atoms with E-state index < -0.39 is 0 Å². The summed E-state index contributed by atoms with van der Waals surface area (Å²) in [4.78, 5) is 29.7. The molecule has 2 heterocycles. The molecule has 2 amide bonds. The summed E-state index contributed by atoms with van der Waals surface area (Å²) in [5.41, 5.74) is 3.39. The standard InChI is InChI=1S/C26H33N3O3/c1-19-9-11-20(12-10-19)17-29-18-21(15-25(29)30)26(31)27-16-23(28-13-5-6-14-28)22-7-3-4-8-24(22)32-2/h3-4,7-12,21,23H,5-6,13-18H2,1-2H3,(H,27,31)/t21-,23+/m0/s1. The zero-order chi connectivity index (χ0) is 22.5. The average molecular weight is 436 g/mol. The Balaban J connectivity index is 1.38. The Hall–Kier alpha value is -2.86. The molecule has 0 bridgehead atoms. The number of ether oxygens (including phenoxy) is 1. The van der Waals surface area contributed by atoms with Crippen molar-refractivity contribution in [3.63, 3.8) is 0 Å². The molecule has 1 N–H and O–H groups in total. The second kappa shape index (κ2) is 10.2. The van der Waals surface area contributed by atoms with Crippen LogP contribution in [0.25, 0.3) is 0 Å². The van der Waals surface area contributed by atoms with Crippen LogP contribution in [0.4, 0.5) is 0 Å². The normalized spacial score (nSPS) is 19.9. The molecule has 4 rings (SSSR count). The third-order valence-corrected chi connectivity index (χ3v) is 6.63. The van der Waals surface area contributed by atoms with Crippen LogP contribution in [0.15, 0.2) is 48.5 Å². The summed E-state index contributed by atoms with van der Waals surface area (Å²) in [7, 11) is 1.69. The minimum atomic E-state index is -0.301. The predicted molar refractivity (Wildman–Crippen MR) is 124 cm³/mol. The molecule has 2 aliphatic heterocycles. The van der Waals surface area contributed by atoms with Crippen LogP contribution in [-0.2, 0) is 16.1 Å². The highest BCUT2D eigenvalue weighted by Crippen LogP contribution is 2.31. The Morgan fingerprint density at radius 2 is 1.84 bits per heavy atom. The quantitative estimate of drug-likeness (QED) is 0.691. The molecule has 6 nitrogen and oxygen atoms in total. The minimum absolute atomic E-state index is 0.0381. The fourth-order valence-electron chi connectivity index (χ4n) is 4.79. The van der Waals surface area contributed by atoms with Crippen LogP contribution in [0, 0.1) is 12.8 Å². The Kier molecular flexibility index (Phi) is 7.10. The summed E-state index contributed by atoms with van der Waals surface area (Å²) < 4.78 is 5.59. The smallest absolute Gasteiger partial charge is 0.225 e. The van der Waals surface area contributed by atoms with E-state index in [1.807, 2.05) is 37.3 Å². The van der Waals surface area contributed by atoms with Crippen molar-refractivity contribution in [1.29, 1.82) is 0 Å². The van der Waals surface area contributed by atoms with Crippen molar-refractivity contribution in [3.05, 3.63) is 65.2 Å². The third-order valence-electron chi connectivity index (χ3n) is 6.63. The Labute approximate surface area is 190 Å². The first kappa shape index (κ1) is 22.3. The number of amides is 2. The Morgan fingerprint density at radius 3 is 2.56 bits per heavy atom. The topological polar surface area (TPSA) is 61.9 Å². The molecular weight excluding hydrogens is 402 g/mol. The molecule has 2 aromatic rings. The maximum atomic E-state index is 13.0. The van der Waals surface area contributed by atoms with E-state index in [0.29, 0.717) is 19.6 Å². The molecule has 2 saturated heterocycles. The van der Waals surface area contributed by atoms with Gasteiger partial charge in [0.2, 0.25) is 11.8 Å². The molecular formula is C26H33N3O3. The van der Waals surface area contributed by atoms with Gasteiger partial charge in [0, 0.05) is 31.6 Å². The molecule has 170 valence electrons. The van der Waals surface area contributed by atoms with Gasteiger partial charge in [0.05, 0.1) is 19.1 Å². The number of nitrogens with one attached hydrogen (secondary N) is 1. The molecule has 0 unspecified atom stereocenters. The number of methoxy groups -OCH3 is 1. The van der Waals surface area contributed by atoms with Crippen LogP contribution in [-0.4, -0.2) is 54.9 Å². The van der Waals surface area contributed by atoms with E-state index >= 15 is 0 Å². The monoisotopic (exact) mass is 435 g/mol.